The van der Waals surface area contributed by atoms with E-state index in [1.54, 1.807) is 7.11 Å². The normalized spacial score (nSPS) is 16.0. The lowest BCUT2D eigenvalue weighted by Gasteiger charge is -2.15. The number of methoxy groups -OCH3 is 1. The fourth-order valence-corrected chi connectivity index (χ4v) is 2.86. The van der Waals surface area contributed by atoms with Crippen molar-refractivity contribution < 1.29 is 4.74 Å². The molecule has 0 saturated heterocycles. The van der Waals surface area contributed by atoms with E-state index in [1.807, 2.05) is 42.5 Å². The van der Waals surface area contributed by atoms with Gasteiger partial charge in [0, 0.05) is 10.4 Å². The Morgan fingerprint density at radius 2 is 2.04 bits per heavy atom. The molecule has 0 heterocycles. The Balaban J connectivity index is 1.70. The van der Waals surface area contributed by atoms with Crippen molar-refractivity contribution in [2.45, 2.75) is 18.3 Å². The maximum atomic E-state index is 6.10. The minimum absolute atomic E-state index is 0.0813. The number of nitrogens with one attached hydrogen (secondary N) is 1. The second kappa shape index (κ2) is 6.50. The van der Waals surface area contributed by atoms with E-state index in [-0.39, 0.29) is 5.41 Å². The summed E-state index contributed by atoms with van der Waals surface area (Å²) in [6, 6.07) is 15.6. The molecule has 0 bridgehead atoms. The summed E-state index contributed by atoms with van der Waals surface area (Å²) >= 11 is 6.10. The number of hydrogen-bond acceptors (Lipinski definition) is 2. The van der Waals surface area contributed by atoms with Gasteiger partial charge in [0.15, 0.2) is 5.96 Å². The molecule has 120 valence electrons. The first-order valence-electron chi connectivity index (χ1n) is 7.59. The lowest BCUT2D eigenvalue weighted by atomic mass is 9.96. The number of halogens is 1. The summed E-state index contributed by atoms with van der Waals surface area (Å²) in [5.41, 5.74) is 8.16. The zero-order valence-corrected chi connectivity index (χ0v) is 13.8. The van der Waals surface area contributed by atoms with Crippen LogP contribution in [0.4, 0.5) is 5.69 Å². The Kier molecular flexibility index (Phi) is 4.44. The molecule has 1 fully saturated rings. The monoisotopic (exact) mass is 329 g/mol. The van der Waals surface area contributed by atoms with E-state index in [1.165, 1.54) is 5.56 Å². The van der Waals surface area contributed by atoms with Crippen molar-refractivity contribution >= 4 is 23.2 Å². The lowest BCUT2D eigenvalue weighted by molar-refractivity contribution is 0.417. The van der Waals surface area contributed by atoms with Crippen LogP contribution in [0.3, 0.4) is 0 Å². The van der Waals surface area contributed by atoms with Crippen molar-refractivity contribution in [2.24, 2.45) is 10.7 Å². The number of rotatable bonds is 5. The molecule has 0 amide bonds. The molecule has 0 spiro atoms. The highest BCUT2D eigenvalue weighted by atomic mass is 35.5. The Morgan fingerprint density at radius 1 is 1.26 bits per heavy atom. The van der Waals surface area contributed by atoms with Crippen LogP contribution in [0, 0.1) is 0 Å². The number of nitrogens with zero attached hydrogens (tertiary/aromatic N) is 1. The predicted octanol–water partition coefficient (Wildman–Crippen LogP) is 3.81. The van der Waals surface area contributed by atoms with Crippen LogP contribution < -0.4 is 15.8 Å². The fourth-order valence-electron chi connectivity index (χ4n) is 2.67. The standard InChI is InChI=1S/C18H20ClN3O/c1-23-16-8-3-2-7-15(16)22-17(20)21-12-18(9-10-18)13-5-4-6-14(19)11-13/h2-8,11H,9-10,12H2,1H3,(H3,20,21,22). The highest BCUT2D eigenvalue weighted by Crippen LogP contribution is 2.48. The van der Waals surface area contributed by atoms with Crippen molar-refractivity contribution in [3.8, 4) is 5.75 Å². The number of ether oxygens (including phenoxy) is 1. The first kappa shape index (κ1) is 15.7. The third kappa shape index (κ3) is 3.59. The Bertz CT molecular complexity index is 726. The molecule has 3 rings (SSSR count). The molecule has 2 aromatic rings. The predicted molar refractivity (Wildman–Crippen MR) is 95.5 cm³/mol. The minimum atomic E-state index is 0.0813. The molecule has 2 aromatic carbocycles. The molecular weight excluding hydrogens is 310 g/mol. The average Bonchev–Trinajstić information content (AvgIpc) is 3.35. The van der Waals surface area contributed by atoms with Gasteiger partial charge in [-0.2, -0.15) is 0 Å². The van der Waals surface area contributed by atoms with Gasteiger partial charge < -0.3 is 15.8 Å². The highest BCUT2D eigenvalue weighted by molar-refractivity contribution is 6.30. The van der Waals surface area contributed by atoms with Gasteiger partial charge in [-0.05, 0) is 42.7 Å². The second-order valence-electron chi connectivity index (χ2n) is 5.82. The molecule has 0 aromatic heterocycles. The number of aliphatic imine (C=N–C) groups is 1. The number of nitrogens with two attached hydrogens (primary N) is 1. The van der Waals surface area contributed by atoms with Gasteiger partial charge in [0.1, 0.15) is 5.75 Å². The van der Waals surface area contributed by atoms with E-state index < -0.39 is 0 Å². The summed E-state index contributed by atoms with van der Waals surface area (Å²) in [4.78, 5) is 4.52. The maximum Gasteiger partial charge on any atom is 0.193 e. The number of benzene rings is 2. The smallest absolute Gasteiger partial charge is 0.193 e. The van der Waals surface area contributed by atoms with Crippen LogP contribution in [-0.4, -0.2) is 19.6 Å². The molecule has 3 N–H and O–H groups in total. The van der Waals surface area contributed by atoms with Gasteiger partial charge >= 0.3 is 0 Å². The topological polar surface area (TPSA) is 59.6 Å². The summed E-state index contributed by atoms with van der Waals surface area (Å²) in [6.45, 7) is 0.654. The first-order valence-corrected chi connectivity index (χ1v) is 7.97. The van der Waals surface area contributed by atoms with E-state index in [9.17, 15) is 0 Å². The SMILES string of the molecule is COc1ccccc1NC(N)=NCC1(c2cccc(Cl)c2)CC1. The van der Waals surface area contributed by atoms with Crippen LogP contribution >= 0.6 is 11.6 Å². The third-order valence-corrected chi connectivity index (χ3v) is 4.45. The van der Waals surface area contributed by atoms with Crippen molar-refractivity contribution in [1.82, 2.24) is 0 Å². The summed E-state index contributed by atoms with van der Waals surface area (Å²) < 4.78 is 5.30. The zero-order chi connectivity index (χ0) is 16.3. The van der Waals surface area contributed by atoms with Crippen LogP contribution in [-0.2, 0) is 5.41 Å². The van der Waals surface area contributed by atoms with Crippen LogP contribution in [0.5, 0.6) is 5.75 Å². The summed E-state index contributed by atoms with van der Waals surface area (Å²) in [5, 5.41) is 3.86. The molecule has 1 saturated carbocycles. The summed E-state index contributed by atoms with van der Waals surface area (Å²) in [5.74, 6) is 1.13. The lowest BCUT2D eigenvalue weighted by Crippen LogP contribution is -2.25. The van der Waals surface area contributed by atoms with Gasteiger partial charge in [-0.3, -0.25) is 4.99 Å². The van der Waals surface area contributed by atoms with E-state index in [4.69, 9.17) is 22.1 Å². The molecule has 23 heavy (non-hydrogen) atoms. The first-order chi connectivity index (χ1) is 11.1. The second-order valence-corrected chi connectivity index (χ2v) is 6.25. The number of para-hydroxylation sites is 2. The molecule has 0 aliphatic heterocycles. The van der Waals surface area contributed by atoms with Gasteiger partial charge in [0.05, 0.1) is 19.3 Å². The third-order valence-electron chi connectivity index (χ3n) is 4.21. The molecule has 1 aliphatic carbocycles. The quantitative estimate of drug-likeness (QED) is 0.648. The number of hydrogen-bond donors (Lipinski definition) is 2. The number of guanidine groups is 1. The van der Waals surface area contributed by atoms with Gasteiger partial charge in [-0.1, -0.05) is 35.9 Å². The zero-order valence-electron chi connectivity index (χ0n) is 13.1. The van der Waals surface area contributed by atoms with Gasteiger partial charge in [-0.25, -0.2) is 0 Å². The molecule has 0 atom stereocenters. The van der Waals surface area contributed by atoms with E-state index in [2.05, 4.69) is 16.4 Å². The molecule has 0 radical (unpaired) electrons. The van der Waals surface area contributed by atoms with Gasteiger partial charge in [0.2, 0.25) is 0 Å². The molecule has 5 heteroatoms. The highest BCUT2D eigenvalue weighted by Gasteiger charge is 2.44. The van der Waals surface area contributed by atoms with Crippen molar-refractivity contribution in [1.29, 1.82) is 0 Å². The summed E-state index contributed by atoms with van der Waals surface area (Å²) in [7, 11) is 1.63. The largest absolute Gasteiger partial charge is 0.495 e. The molecule has 4 nitrogen and oxygen atoms in total. The Morgan fingerprint density at radius 3 is 2.74 bits per heavy atom. The molecule has 0 unspecified atom stereocenters. The molecule has 1 aliphatic rings. The van der Waals surface area contributed by atoms with Crippen LogP contribution in [0.15, 0.2) is 53.5 Å². The van der Waals surface area contributed by atoms with Crippen LogP contribution in [0.1, 0.15) is 18.4 Å². The Hall–Kier alpha value is -2.20. The van der Waals surface area contributed by atoms with E-state index in [0.29, 0.717) is 12.5 Å². The van der Waals surface area contributed by atoms with Crippen LogP contribution in [0.25, 0.3) is 0 Å². The summed E-state index contributed by atoms with van der Waals surface area (Å²) in [6.07, 6.45) is 2.22. The maximum absolute atomic E-state index is 6.10. The van der Waals surface area contributed by atoms with Crippen molar-refractivity contribution in [3.63, 3.8) is 0 Å². The Labute approximate surface area is 141 Å². The number of anilines is 1. The van der Waals surface area contributed by atoms with E-state index in [0.717, 1.165) is 29.3 Å². The average molecular weight is 330 g/mol. The minimum Gasteiger partial charge on any atom is -0.495 e. The van der Waals surface area contributed by atoms with Crippen molar-refractivity contribution in [2.75, 3.05) is 19.0 Å². The van der Waals surface area contributed by atoms with Gasteiger partial charge in [-0.15, -0.1) is 0 Å². The van der Waals surface area contributed by atoms with Gasteiger partial charge in [0.25, 0.3) is 0 Å². The fraction of sp³-hybridized carbons (Fsp3) is 0.278. The van der Waals surface area contributed by atoms with Crippen LogP contribution in [0.2, 0.25) is 5.02 Å². The molecular formula is C18H20ClN3O. The van der Waals surface area contributed by atoms with Crippen molar-refractivity contribution in [3.05, 3.63) is 59.1 Å². The van der Waals surface area contributed by atoms with E-state index >= 15 is 0 Å².